The van der Waals surface area contributed by atoms with Crippen LogP contribution in [0, 0.1) is 12.8 Å². The highest BCUT2D eigenvalue weighted by Crippen LogP contribution is 2.29. The molecule has 0 saturated carbocycles. The molecule has 2 rings (SSSR count). The second-order valence-corrected chi connectivity index (χ2v) is 8.42. The van der Waals surface area contributed by atoms with E-state index in [2.05, 4.69) is 45.1 Å². The molecule has 1 amide bonds. The number of carbonyl (C=O) groups is 1. The summed E-state index contributed by atoms with van der Waals surface area (Å²) in [6.45, 7) is 12.4. The summed E-state index contributed by atoms with van der Waals surface area (Å²) in [4.78, 5) is 12.9. The highest BCUT2D eigenvalue weighted by molar-refractivity contribution is 5.81. The van der Waals surface area contributed by atoms with Crippen molar-refractivity contribution in [3.05, 3.63) is 59.2 Å². The van der Waals surface area contributed by atoms with Crippen LogP contribution in [0.25, 0.3) is 0 Å². The summed E-state index contributed by atoms with van der Waals surface area (Å²) in [7, 11) is 1.65. The van der Waals surface area contributed by atoms with Crippen molar-refractivity contribution in [2.24, 2.45) is 5.92 Å². The minimum atomic E-state index is -0.581. The van der Waals surface area contributed by atoms with Gasteiger partial charge in [-0.05, 0) is 67.0 Å². The molecule has 2 aromatic rings. The molecule has 0 radical (unpaired) electrons. The summed E-state index contributed by atoms with van der Waals surface area (Å²) < 4.78 is 11.3. The topological polar surface area (TPSA) is 47.6 Å². The summed E-state index contributed by atoms with van der Waals surface area (Å²) in [6, 6.07) is 14.0. The maximum Gasteiger partial charge on any atom is 0.261 e. The number of amides is 1. The molecular formula is C25H35NO3. The zero-order valence-electron chi connectivity index (χ0n) is 18.8. The van der Waals surface area contributed by atoms with Gasteiger partial charge in [0, 0.05) is 0 Å². The molecule has 0 bridgehead atoms. The van der Waals surface area contributed by atoms with E-state index in [9.17, 15) is 4.79 Å². The third-order valence-electron chi connectivity index (χ3n) is 5.01. The lowest BCUT2D eigenvalue weighted by atomic mass is 9.96. The number of rotatable bonds is 9. The van der Waals surface area contributed by atoms with Gasteiger partial charge in [0.25, 0.3) is 5.91 Å². The molecule has 0 spiro atoms. The number of hydrogen-bond acceptors (Lipinski definition) is 3. The van der Waals surface area contributed by atoms with Gasteiger partial charge < -0.3 is 14.8 Å². The molecule has 4 heteroatoms. The van der Waals surface area contributed by atoms with Crippen molar-refractivity contribution in [2.75, 3.05) is 7.11 Å². The van der Waals surface area contributed by atoms with E-state index >= 15 is 0 Å². The molecule has 2 aromatic carbocycles. The number of hydrogen-bond donors (Lipinski definition) is 1. The summed E-state index contributed by atoms with van der Waals surface area (Å²) in [5.74, 6) is 2.26. The van der Waals surface area contributed by atoms with E-state index in [1.165, 1.54) is 0 Å². The molecule has 4 nitrogen and oxygen atoms in total. The van der Waals surface area contributed by atoms with E-state index in [1.54, 1.807) is 7.11 Å². The largest absolute Gasteiger partial charge is 0.497 e. The number of aryl methyl sites for hydroxylation is 1. The quantitative estimate of drug-likeness (QED) is 0.582. The van der Waals surface area contributed by atoms with Crippen LogP contribution < -0.4 is 14.8 Å². The van der Waals surface area contributed by atoms with Gasteiger partial charge in [0.15, 0.2) is 6.10 Å². The van der Waals surface area contributed by atoms with Crippen molar-refractivity contribution in [1.29, 1.82) is 0 Å². The Bertz CT molecular complexity index is 796. The second-order valence-electron chi connectivity index (χ2n) is 8.42. The van der Waals surface area contributed by atoms with Gasteiger partial charge >= 0.3 is 0 Å². The minimum absolute atomic E-state index is 0.0680. The lowest BCUT2D eigenvalue weighted by Crippen LogP contribution is -2.39. The predicted octanol–water partition coefficient (Wildman–Crippen LogP) is 5.80. The van der Waals surface area contributed by atoms with E-state index in [0.29, 0.717) is 11.8 Å². The highest BCUT2D eigenvalue weighted by atomic mass is 16.5. The molecule has 0 saturated heterocycles. The summed E-state index contributed by atoms with van der Waals surface area (Å²) in [5.41, 5.74) is 3.30. The van der Waals surface area contributed by atoms with E-state index < -0.39 is 6.10 Å². The Hall–Kier alpha value is -2.49. The molecule has 158 valence electrons. The predicted molar refractivity (Wildman–Crippen MR) is 119 cm³/mol. The Morgan fingerprint density at radius 3 is 2.21 bits per heavy atom. The highest BCUT2D eigenvalue weighted by Gasteiger charge is 2.22. The molecule has 29 heavy (non-hydrogen) atoms. The summed E-state index contributed by atoms with van der Waals surface area (Å²) in [5, 5.41) is 3.18. The van der Waals surface area contributed by atoms with Crippen LogP contribution in [0.15, 0.2) is 42.5 Å². The van der Waals surface area contributed by atoms with Crippen molar-refractivity contribution in [1.82, 2.24) is 5.32 Å². The van der Waals surface area contributed by atoms with Crippen molar-refractivity contribution >= 4 is 5.91 Å². The second kappa shape index (κ2) is 10.3. The zero-order valence-corrected chi connectivity index (χ0v) is 18.8. The lowest BCUT2D eigenvalue weighted by Gasteiger charge is -2.24. The molecule has 0 unspecified atom stereocenters. The normalized spacial score (nSPS) is 13.3. The van der Waals surface area contributed by atoms with Crippen LogP contribution in [-0.4, -0.2) is 19.1 Å². The molecule has 2 atom stereocenters. The Balaban J connectivity index is 2.15. The number of benzene rings is 2. The van der Waals surface area contributed by atoms with E-state index in [0.717, 1.165) is 34.6 Å². The first kappa shape index (κ1) is 22.8. The first-order chi connectivity index (χ1) is 13.7. The number of nitrogens with one attached hydrogen (secondary N) is 1. The number of ether oxygens (including phenoxy) is 2. The summed E-state index contributed by atoms with van der Waals surface area (Å²) in [6.07, 6.45) is 0.272. The monoisotopic (exact) mass is 397 g/mol. The molecule has 1 N–H and O–H groups in total. The van der Waals surface area contributed by atoms with Gasteiger partial charge in [-0.25, -0.2) is 0 Å². The zero-order chi connectivity index (χ0) is 21.6. The van der Waals surface area contributed by atoms with Gasteiger partial charge in [0.2, 0.25) is 0 Å². The van der Waals surface area contributed by atoms with Gasteiger partial charge in [0.05, 0.1) is 13.2 Å². The number of carbonyl (C=O) groups excluding carboxylic acids is 1. The van der Waals surface area contributed by atoms with Crippen LogP contribution in [0.4, 0.5) is 0 Å². The van der Waals surface area contributed by atoms with Crippen molar-refractivity contribution in [3.8, 4) is 11.5 Å². The fraction of sp³-hybridized carbons (Fsp3) is 0.480. The third kappa shape index (κ3) is 6.52. The standard InChI is InChI=1S/C25H35NO3/c1-16(2)14-23(20-9-11-21(28-7)12-10-20)26-25(27)19(6)29-24-15-18(5)8-13-22(24)17(3)4/h8-13,15-17,19,23H,14H2,1-7H3,(H,26,27)/t19-,23+/m1/s1. The van der Waals surface area contributed by atoms with Crippen LogP contribution in [0.1, 0.15) is 69.7 Å². The Kier molecular flexibility index (Phi) is 8.12. The van der Waals surface area contributed by atoms with Gasteiger partial charge in [-0.1, -0.05) is 52.0 Å². The number of methoxy groups -OCH3 is 1. The van der Waals surface area contributed by atoms with Crippen LogP contribution in [0.3, 0.4) is 0 Å². The fourth-order valence-corrected chi connectivity index (χ4v) is 3.34. The van der Waals surface area contributed by atoms with Crippen molar-refractivity contribution < 1.29 is 14.3 Å². The fourth-order valence-electron chi connectivity index (χ4n) is 3.34. The van der Waals surface area contributed by atoms with Gasteiger partial charge in [0.1, 0.15) is 11.5 Å². The van der Waals surface area contributed by atoms with E-state index in [4.69, 9.17) is 9.47 Å². The smallest absolute Gasteiger partial charge is 0.261 e. The molecule has 0 heterocycles. The first-order valence-corrected chi connectivity index (χ1v) is 10.4. The average Bonchev–Trinajstić information content (AvgIpc) is 2.67. The molecule has 0 aromatic heterocycles. The van der Waals surface area contributed by atoms with Gasteiger partial charge in [-0.2, -0.15) is 0 Å². The summed E-state index contributed by atoms with van der Waals surface area (Å²) >= 11 is 0. The Labute approximate surface area is 175 Å². The molecule has 0 aliphatic rings. The Morgan fingerprint density at radius 2 is 1.66 bits per heavy atom. The molecular weight excluding hydrogens is 362 g/mol. The first-order valence-electron chi connectivity index (χ1n) is 10.4. The van der Waals surface area contributed by atoms with Crippen molar-refractivity contribution in [3.63, 3.8) is 0 Å². The molecule has 0 aliphatic heterocycles. The minimum Gasteiger partial charge on any atom is -0.497 e. The maximum absolute atomic E-state index is 12.9. The molecule has 0 fully saturated rings. The van der Waals surface area contributed by atoms with Gasteiger partial charge in [-0.3, -0.25) is 4.79 Å². The maximum atomic E-state index is 12.9. The van der Waals surface area contributed by atoms with Gasteiger partial charge in [-0.15, -0.1) is 0 Å². The Morgan fingerprint density at radius 1 is 1.00 bits per heavy atom. The van der Waals surface area contributed by atoms with E-state index in [1.807, 2.05) is 44.2 Å². The van der Waals surface area contributed by atoms with Crippen LogP contribution in [-0.2, 0) is 4.79 Å². The van der Waals surface area contributed by atoms with Crippen LogP contribution >= 0.6 is 0 Å². The lowest BCUT2D eigenvalue weighted by molar-refractivity contribution is -0.128. The van der Waals surface area contributed by atoms with Crippen LogP contribution in [0.2, 0.25) is 0 Å². The van der Waals surface area contributed by atoms with E-state index in [-0.39, 0.29) is 11.9 Å². The molecule has 0 aliphatic carbocycles. The SMILES string of the molecule is COc1ccc([C@H](CC(C)C)NC(=O)[C@@H](C)Oc2cc(C)ccc2C(C)C)cc1. The van der Waals surface area contributed by atoms with Crippen molar-refractivity contribution in [2.45, 2.75) is 66.0 Å². The van der Waals surface area contributed by atoms with Crippen LogP contribution in [0.5, 0.6) is 11.5 Å². The average molecular weight is 398 g/mol. The third-order valence-corrected chi connectivity index (χ3v) is 5.01.